The molecule has 0 aromatic heterocycles. The zero-order valence-corrected chi connectivity index (χ0v) is 17.8. The van der Waals surface area contributed by atoms with Crippen molar-refractivity contribution in [1.29, 1.82) is 0 Å². The molecule has 0 fully saturated rings. The lowest BCUT2D eigenvalue weighted by molar-refractivity contribution is -0.126. The Balaban J connectivity index is 1.78. The monoisotopic (exact) mass is 434 g/mol. The van der Waals surface area contributed by atoms with Crippen molar-refractivity contribution in [2.75, 3.05) is 25.0 Å². The van der Waals surface area contributed by atoms with Crippen LogP contribution in [0.5, 0.6) is 0 Å². The van der Waals surface area contributed by atoms with E-state index in [1.807, 2.05) is 13.8 Å². The van der Waals surface area contributed by atoms with E-state index in [9.17, 15) is 19.4 Å². The molecule has 11 nitrogen and oxygen atoms in total. The molecule has 1 aromatic rings. The molecule has 2 rings (SSSR count). The van der Waals surface area contributed by atoms with E-state index in [-0.39, 0.29) is 44.4 Å². The van der Waals surface area contributed by atoms with Crippen LogP contribution in [0.25, 0.3) is 0 Å². The van der Waals surface area contributed by atoms with E-state index in [2.05, 4.69) is 16.0 Å². The number of anilines is 1. The Hall–Kier alpha value is -2.51. The molecule has 1 heterocycles. The molecular weight excluding hydrogens is 403 g/mol. The SMILES string of the molecule is CC1(C)OB(O)c2ccc(NC(=O)CNC(=O)C(N)CCC(=O)NC(CN)CN)cc21. The van der Waals surface area contributed by atoms with Crippen LogP contribution in [-0.2, 0) is 24.6 Å². The van der Waals surface area contributed by atoms with Gasteiger partial charge < -0.3 is 42.8 Å². The third kappa shape index (κ3) is 6.74. The highest BCUT2D eigenvalue weighted by Crippen LogP contribution is 2.31. The highest BCUT2D eigenvalue weighted by molar-refractivity contribution is 6.62. The van der Waals surface area contributed by atoms with Crippen molar-refractivity contribution < 1.29 is 24.1 Å². The first-order chi connectivity index (χ1) is 14.6. The average molecular weight is 434 g/mol. The van der Waals surface area contributed by atoms with Crippen LogP contribution in [0, 0.1) is 0 Å². The van der Waals surface area contributed by atoms with Gasteiger partial charge in [0, 0.05) is 25.2 Å². The highest BCUT2D eigenvalue weighted by Gasteiger charge is 2.40. The largest absolute Gasteiger partial charge is 0.492 e. The standard InChI is InChI=1S/C19H31BN6O5/c1-19(2)13-7-11(3-4-14(13)20(30)31-19)25-17(28)10-24-18(29)15(23)5-6-16(27)26-12(8-21)9-22/h3-4,7,12,15,30H,5-6,8-10,21-23H2,1-2H3,(H,24,29)(H,25,28)(H,26,27). The number of carbonyl (C=O) groups is 3. The Kier molecular flexibility index (Phi) is 8.54. The maximum Gasteiger partial charge on any atom is 0.492 e. The zero-order valence-electron chi connectivity index (χ0n) is 17.8. The normalized spacial score (nSPS) is 15.4. The van der Waals surface area contributed by atoms with E-state index >= 15 is 0 Å². The summed E-state index contributed by atoms with van der Waals surface area (Å²) in [7, 11) is -1.01. The number of nitrogens with two attached hydrogens (primary N) is 3. The summed E-state index contributed by atoms with van der Waals surface area (Å²) >= 11 is 0. The summed E-state index contributed by atoms with van der Waals surface area (Å²) in [5, 5.41) is 17.7. The molecule has 0 saturated heterocycles. The number of hydrogen-bond donors (Lipinski definition) is 7. The smallest absolute Gasteiger partial charge is 0.423 e. The molecule has 0 saturated carbocycles. The molecule has 1 aliphatic rings. The van der Waals surface area contributed by atoms with Crippen molar-refractivity contribution in [3.05, 3.63) is 23.8 Å². The Morgan fingerprint density at radius 2 is 1.87 bits per heavy atom. The summed E-state index contributed by atoms with van der Waals surface area (Å²) in [4.78, 5) is 36.1. The Bertz CT molecular complexity index is 817. The van der Waals surface area contributed by atoms with E-state index in [1.165, 1.54) is 0 Å². The molecule has 0 bridgehead atoms. The number of nitrogens with one attached hydrogen (secondary N) is 3. The number of fused-ring (bicyclic) bond motifs is 1. The second kappa shape index (κ2) is 10.7. The van der Waals surface area contributed by atoms with Gasteiger partial charge in [-0.05, 0) is 43.4 Å². The van der Waals surface area contributed by atoms with Gasteiger partial charge in [0.05, 0.1) is 24.2 Å². The van der Waals surface area contributed by atoms with E-state index in [1.54, 1.807) is 18.2 Å². The summed E-state index contributed by atoms with van der Waals surface area (Å²) in [6, 6.07) is 3.80. The number of amides is 3. The molecule has 1 aliphatic heterocycles. The summed E-state index contributed by atoms with van der Waals surface area (Å²) in [6.45, 7) is 3.81. The van der Waals surface area contributed by atoms with Crippen molar-refractivity contribution in [2.45, 2.75) is 44.4 Å². The van der Waals surface area contributed by atoms with Crippen molar-refractivity contribution in [2.24, 2.45) is 17.2 Å². The van der Waals surface area contributed by atoms with Crippen LogP contribution in [0.3, 0.4) is 0 Å². The molecule has 170 valence electrons. The Labute approximate surface area is 181 Å². The van der Waals surface area contributed by atoms with Gasteiger partial charge in [-0.25, -0.2) is 0 Å². The molecular formula is C19H31BN6O5. The van der Waals surface area contributed by atoms with Crippen molar-refractivity contribution >= 4 is 36.0 Å². The Morgan fingerprint density at radius 3 is 2.52 bits per heavy atom. The highest BCUT2D eigenvalue weighted by atomic mass is 16.5. The van der Waals surface area contributed by atoms with Crippen LogP contribution in [0.2, 0.25) is 0 Å². The van der Waals surface area contributed by atoms with Gasteiger partial charge in [0.15, 0.2) is 0 Å². The fourth-order valence-corrected chi connectivity index (χ4v) is 3.21. The lowest BCUT2D eigenvalue weighted by Crippen LogP contribution is -2.46. The molecule has 3 amide bonds. The topological polar surface area (TPSA) is 195 Å². The third-order valence-corrected chi connectivity index (χ3v) is 5.03. The first-order valence-electron chi connectivity index (χ1n) is 10.1. The van der Waals surface area contributed by atoms with E-state index in [4.69, 9.17) is 21.9 Å². The zero-order chi connectivity index (χ0) is 23.2. The quantitative estimate of drug-likeness (QED) is 0.192. The maximum atomic E-state index is 12.2. The number of hydrogen-bond acceptors (Lipinski definition) is 8. The van der Waals surface area contributed by atoms with Gasteiger partial charge in [-0.2, -0.15) is 0 Å². The fraction of sp³-hybridized carbons (Fsp3) is 0.526. The molecule has 12 heteroatoms. The molecule has 1 atom stereocenters. The van der Waals surface area contributed by atoms with Crippen LogP contribution in [0.15, 0.2) is 18.2 Å². The van der Waals surface area contributed by atoms with Crippen LogP contribution in [-0.4, -0.2) is 61.6 Å². The van der Waals surface area contributed by atoms with E-state index in [0.29, 0.717) is 11.2 Å². The van der Waals surface area contributed by atoms with Crippen LogP contribution >= 0.6 is 0 Å². The van der Waals surface area contributed by atoms with Gasteiger partial charge in [0.2, 0.25) is 17.7 Å². The summed E-state index contributed by atoms with van der Waals surface area (Å²) < 4.78 is 5.49. The predicted molar refractivity (Wildman–Crippen MR) is 117 cm³/mol. The average Bonchev–Trinajstić information content (AvgIpc) is 2.96. The molecule has 0 aliphatic carbocycles. The van der Waals surface area contributed by atoms with Crippen LogP contribution in [0.1, 0.15) is 32.3 Å². The maximum absolute atomic E-state index is 12.2. The fourth-order valence-electron chi connectivity index (χ4n) is 3.21. The van der Waals surface area contributed by atoms with Crippen molar-refractivity contribution in [1.82, 2.24) is 10.6 Å². The minimum absolute atomic E-state index is 0.0378. The minimum Gasteiger partial charge on any atom is -0.423 e. The number of carbonyl (C=O) groups excluding carboxylic acids is 3. The third-order valence-electron chi connectivity index (χ3n) is 5.03. The summed E-state index contributed by atoms with van der Waals surface area (Å²) in [5.41, 5.74) is 18.0. The van der Waals surface area contributed by atoms with Gasteiger partial charge in [0.1, 0.15) is 0 Å². The number of benzene rings is 1. The summed E-state index contributed by atoms with van der Waals surface area (Å²) in [6.07, 6.45) is 0.152. The van der Waals surface area contributed by atoms with Crippen molar-refractivity contribution in [3.8, 4) is 0 Å². The molecule has 1 aromatic carbocycles. The van der Waals surface area contributed by atoms with Crippen LogP contribution < -0.4 is 38.6 Å². The van der Waals surface area contributed by atoms with Crippen LogP contribution in [0.4, 0.5) is 5.69 Å². The number of rotatable bonds is 10. The van der Waals surface area contributed by atoms with Gasteiger partial charge in [-0.1, -0.05) is 6.07 Å². The molecule has 0 radical (unpaired) electrons. The second-order valence-corrected chi connectivity index (χ2v) is 7.93. The van der Waals surface area contributed by atoms with Gasteiger partial charge in [0.25, 0.3) is 0 Å². The van der Waals surface area contributed by atoms with Crippen molar-refractivity contribution in [3.63, 3.8) is 0 Å². The second-order valence-electron chi connectivity index (χ2n) is 7.93. The summed E-state index contributed by atoms with van der Waals surface area (Å²) in [5.74, 6) is -1.27. The van der Waals surface area contributed by atoms with Gasteiger partial charge in [-0.3, -0.25) is 14.4 Å². The first kappa shape index (κ1) is 24.8. The van der Waals surface area contributed by atoms with Gasteiger partial charge in [-0.15, -0.1) is 0 Å². The van der Waals surface area contributed by atoms with E-state index in [0.717, 1.165) is 5.56 Å². The lowest BCUT2D eigenvalue weighted by atomic mass is 9.78. The first-order valence-corrected chi connectivity index (χ1v) is 10.1. The van der Waals surface area contributed by atoms with E-state index < -0.39 is 30.6 Å². The Morgan fingerprint density at radius 1 is 1.19 bits per heavy atom. The lowest BCUT2D eigenvalue weighted by Gasteiger charge is -2.20. The molecule has 31 heavy (non-hydrogen) atoms. The predicted octanol–water partition coefficient (Wildman–Crippen LogP) is -2.80. The molecule has 0 spiro atoms. The molecule has 10 N–H and O–H groups in total. The molecule has 1 unspecified atom stereocenters. The van der Waals surface area contributed by atoms with Gasteiger partial charge >= 0.3 is 7.12 Å². The minimum atomic E-state index is -1.01.